The lowest BCUT2D eigenvalue weighted by molar-refractivity contribution is -0.00299. The highest BCUT2D eigenvalue weighted by Gasteiger charge is 2.45. The van der Waals surface area contributed by atoms with E-state index in [9.17, 15) is 18.3 Å². The van der Waals surface area contributed by atoms with Crippen molar-refractivity contribution in [1.29, 1.82) is 0 Å². The number of allylic oxidation sites excluding steroid dienone is 1. The first kappa shape index (κ1) is 34.3. The third-order valence-corrected chi connectivity index (χ3v) is 11.9. The molecule has 0 radical (unpaired) electrons. The van der Waals surface area contributed by atoms with Crippen molar-refractivity contribution >= 4 is 33.2 Å². The molecule has 10 heteroatoms. The first-order valence-corrected chi connectivity index (χ1v) is 18.2. The van der Waals surface area contributed by atoms with Gasteiger partial charge in [-0.05, 0) is 119 Å². The molecule has 1 fully saturated rings. The minimum Gasteiger partial charge on any atom is -0.487 e. The molecule has 0 saturated heterocycles. The number of carbonyl (C=O) groups excluding carboxylic acids is 1. The Morgan fingerprint density at radius 1 is 1.13 bits per heavy atom. The van der Waals surface area contributed by atoms with Gasteiger partial charge >= 0.3 is 0 Å². The Morgan fingerprint density at radius 2 is 1.93 bits per heavy atom. The van der Waals surface area contributed by atoms with Crippen LogP contribution >= 0.6 is 11.6 Å². The Balaban J connectivity index is 1.57. The predicted molar refractivity (Wildman–Crippen MR) is 184 cm³/mol. The first-order valence-electron chi connectivity index (χ1n) is 16.3. The zero-order valence-corrected chi connectivity index (χ0v) is 28.8. The van der Waals surface area contributed by atoms with E-state index in [1.54, 1.807) is 31.2 Å². The van der Waals surface area contributed by atoms with Crippen LogP contribution in [0.2, 0.25) is 5.02 Å². The average Bonchev–Trinajstić information content (AvgIpc) is 3.01. The molecular formula is C36H46ClN3O5S. The van der Waals surface area contributed by atoms with E-state index in [0.29, 0.717) is 43.4 Å². The summed E-state index contributed by atoms with van der Waals surface area (Å²) in [7, 11) is -0.0971. The van der Waals surface area contributed by atoms with Crippen molar-refractivity contribution in [2.24, 2.45) is 17.8 Å². The number of rotatable bonds is 1. The summed E-state index contributed by atoms with van der Waals surface area (Å²) in [6, 6.07) is 11.0. The van der Waals surface area contributed by atoms with E-state index in [2.05, 4.69) is 21.5 Å². The minimum absolute atomic E-state index is 0.0942. The molecule has 0 spiro atoms. The van der Waals surface area contributed by atoms with Gasteiger partial charge in [0.2, 0.25) is 10.0 Å². The van der Waals surface area contributed by atoms with Gasteiger partial charge in [-0.3, -0.25) is 9.69 Å². The molecule has 2 aliphatic heterocycles. The van der Waals surface area contributed by atoms with Crippen molar-refractivity contribution < 1.29 is 23.1 Å². The molecule has 0 unspecified atom stereocenters. The van der Waals surface area contributed by atoms with Crippen LogP contribution in [0.5, 0.6) is 5.75 Å². The smallest absolute Gasteiger partial charge is 0.264 e. The molecule has 1 aliphatic carbocycles. The minimum atomic E-state index is -3.98. The van der Waals surface area contributed by atoms with Gasteiger partial charge in [0.15, 0.2) is 0 Å². The second kappa shape index (κ2) is 14.4. The summed E-state index contributed by atoms with van der Waals surface area (Å²) < 4.78 is 35.4. The number of anilines is 1. The number of nitrogens with one attached hydrogen (secondary N) is 1. The summed E-state index contributed by atoms with van der Waals surface area (Å²) in [5.41, 5.74) is 1.86. The van der Waals surface area contributed by atoms with E-state index in [0.717, 1.165) is 48.9 Å². The highest BCUT2D eigenvalue weighted by atomic mass is 35.5. The van der Waals surface area contributed by atoms with E-state index in [4.69, 9.17) is 16.3 Å². The van der Waals surface area contributed by atoms with E-state index < -0.39 is 26.8 Å². The number of sulfonamides is 1. The highest BCUT2D eigenvalue weighted by Crippen LogP contribution is 2.45. The third kappa shape index (κ3) is 7.91. The van der Waals surface area contributed by atoms with Gasteiger partial charge in [0.25, 0.3) is 5.91 Å². The molecule has 2 heterocycles. The summed E-state index contributed by atoms with van der Waals surface area (Å²) in [5.74, 6) is 6.05. The highest BCUT2D eigenvalue weighted by molar-refractivity contribution is 7.90. The predicted octanol–water partition coefficient (Wildman–Crippen LogP) is 5.43. The van der Waals surface area contributed by atoms with Gasteiger partial charge in [-0.2, -0.15) is 0 Å². The zero-order chi connectivity index (χ0) is 33.1. The summed E-state index contributed by atoms with van der Waals surface area (Å²) in [6.07, 6.45) is 8.51. The molecule has 1 saturated carbocycles. The molecule has 1 amide bonds. The topological polar surface area (TPSA) is 99.2 Å². The molecule has 248 valence electrons. The second-order valence-electron chi connectivity index (χ2n) is 13.4. The fraction of sp³-hybridized carbons (Fsp3) is 0.528. The summed E-state index contributed by atoms with van der Waals surface area (Å²) in [4.78, 5) is 17.6. The van der Waals surface area contributed by atoms with Gasteiger partial charge in [0.1, 0.15) is 18.0 Å². The van der Waals surface area contributed by atoms with Crippen molar-refractivity contribution in [2.45, 2.75) is 69.8 Å². The van der Waals surface area contributed by atoms with Gasteiger partial charge in [-0.1, -0.05) is 42.5 Å². The Labute approximate surface area is 279 Å². The van der Waals surface area contributed by atoms with Gasteiger partial charge in [-0.25, -0.2) is 13.1 Å². The van der Waals surface area contributed by atoms with Gasteiger partial charge in [0, 0.05) is 29.6 Å². The lowest BCUT2D eigenvalue weighted by Crippen LogP contribution is -2.49. The van der Waals surface area contributed by atoms with Crippen molar-refractivity contribution in [3.63, 3.8) is 0 Å². The van der Waals surface area contributed by atoms with Crippen LogP contribution in [-0.2, 0) is 23.1 Å². The normalized spacial score (nSPS) is 28.9. The Bertz CT molecular complexity index is 1630. The summed E-state index contributed by atoms with van der Waals surface area (Å²) in [6.45, 7) is 5.65. The largest absolute Gasteiger partial charge is 0.487 e. The molecule has 46 heavy (non-hydrogen) atoms. The number of aliphatic hydroxyl groups is 1. The van der Waals surface area contributed by atoms with Crippen LogP contribution < -0.4 is 14.4 Å². The number of aryl methyl sites for hydroxylation is 1. The molecule has 0 aromatic heterocycles. The summed E-state index contributed by atoms with van der Waals surface area (Å²) >= 11 is 6.34. The molecular weight excluding hydrogens is 622 g/mol. The number of fused-ring (bicyclic) bond motifs is 3. The van der Waals surface area contributed by atoms with Gasteiger partial charge < -0.3 is 14.7 Å². The van der Waals surface area contributed by atoms with E-state index in [-0.39, 0.29) is 23.3 Å². The maximum atomic E-state index is 13.4. The molecule has 2 aromatic carbocycles. The van der Waals surface area contributed by atoms with Crippen LogP contribution in [0.25, 0.3) is 0 Å². The van der Waals surface area contributed by atoms with Crippen molar-refractivity contribution in [2.75, 3.05) is 38.6 Å². The van der Waals surface area contributed by atoms with Crippen LogP contribution in [0.4, 0.5) is 5.69 Å². The van der Waals surface area contributed by atoms with E-state index in [1.165, 1.54) is 0 Å². The lowest BCUT2D eigenvalue weighted by atomic mass is 9.64. The fourth-order valence-corrected chi connectivity index (χ4v) is 8.05. The summed E-state index contributed by atoms with van der Waals surface area (Å²) in [5, 5.41) is 11.9. The average molecular weight is 668 g/mol. The van der Waals surface area contributed by atoms with Gasteiger partial charge in [-0.15, -0.1) is 0 Å². The number of nitrogens with zero attached hydrogens (tertiary/aromatic N) is 2. The second-order valence-corrected chi connectivity index (χ2v) is 15.9. The maximum Gasteiger partial charge on any atom is 0.264 e. The number of amides is 1. The Morgan fingerprint density at radius 3 is 2.67 bits per heavy atom. The number of carbonyl (C=O) groups is 1. The molecule has 5 atom stereocenters. The number of hydrogen-bond acceptors (Lipinski definition) is 7. The zero-order valence-electron chi connectivity index (χ0n) is 27.3. The molecule has 3 aliphatic rings. The van der Waals surface area contributed by atoms with Crippen LogP contribution in [-0.4, -0.2) is 68.9 Å². The molecule has 2 N–H and O–H groups in total. The number of hydrogen-bond donors (Lipinski definition) is 2. The maximum absolute atomic E-state index is 13.4. The molecule has 2 bridgehead atoms. The molecule has 2 aromatic rings. The quantitative estimate of drug-likeness (QED) is 0.309. The van der Waals surface area contributed by atoms with E-state index in [1.807, 2.05) is 50.2 Å². The van der Waals surface area contributed by atoms with Crippen molar-refractivity contribution in [1.82, 2.24) is 9.62 Å². The van der Waals surface area contributed by atoms with E-state index >= 15 is 0 Å². The van der Waals surface area contributed by atoms with Gasteiger partial charge in [0.05, 0.1) is 17.5 Å². The Kier molecular flexibility index (Phi) is 10.7. The first-order chi connectivity index (χ1) is 21.9. The van der Waals surface area contributed by atoms with Crippen LogP contribution in [0.1, 0.15) is 67.4 Å². The standard InChI is InChI=1S/C36H46ClN3O5S/c1-25-9-7-17-36(42,18-8-19-39(3)4)32-15-12-29(32)23-40-20-6-5-10-27-21-31(37)14-11-30(27)24-45-34-16-13-28(22-33(34)40)35(41)38-46(43,44)26(25)2/h7,11,13-14,16-17,21-22,25-26,29,32,42H,5-6,9-10,12,15,19-20,23-24H2,1-4H3,(H,38,41)/b17-7+/t25-,26+,29-,32+,36-/m0/s1. The number of halogens is 1. The molecule has 8 nitrogen and oxygen atoms in total. The molecule has 5 rings (SSSR count). The third-order valence-electron chi connectivity index (χ3n) is 9.76. The van der Waals surface area contributed by atoms with Crippen LogP contribution in [0.15, 0.2) is 48.6 Å². The number of ether oxygens (including phenoxy) is 1. The lowest BCUT2D eigenvalue weighted by Gasteiger charge is -2.46. The monoisotopic (exact) mass is 667 g/mol. The van der Waals surface area contributed by atoms with Crippen molar-refractivity contribution in [3.05, 3.63) is 70.3 Å². The van der Waals surface area contributed by atoms with Crippen LogP contribution in [0, 0.1) is 29.6 Å². The SMILES string of the molecule is C[C@@H]1[C@@H](C)C/C=C/[C@](O)(C#CCN(C)C)[C@@H]2CC[C@H]2CN2CCCCc3cc(Cl)ccc3COc3ccc(cc32)C(=O)NS1(=O)=O. The Hall–Kier alpha value is -3.03. The van der Waals surface area contributed by atoms with Crippen LogP contribution in [0.3, 0.4) is 0 Å². The number of benzene rings is 2. The fourth-order valence-electron chi connectivity index (χ4n) is 6.57. The van der Waals surface area contributed by atoms with Crippen molar-refractivity contribution in [3.8, 4) is 17.6 Å².